The summed E-state index contributed by atoms with van der Waals surface area (Å²) in [5.74, 6) is -0.919. The summed E-state index contributed by atoms with van der Waals surface area (Å²) in [6.45, 7) is 6.92. The summed E-state index contributed by atoms with van der Waals surface area (Å²) in [5.41, 5.74) is 3.21. The van der Waals surface area contributed by atoms with Gasteiger partial charge in [0, 0.05) is 57.9 Å². The summed E-state index contributed by atoms with van der Waals surface area (Å²) in [5, 5.41) is 3.01. The van der Waals surface area contributed by atoms with Gasteiger partial charge < -0.3 is 24.8 Å². The highest BCUT2D eigenvalue weighted by Crippen LogP contribution is 2.33. The lowest BCUT2D eigenvalue weighted by Crippen LogP contribution is -2.45. The van der Waals surface area contributed by atoms with Crippen molar-refractivity contribution in [2.24, 2.45) is 5.92 Å². The van der Waals surface area contributed by atoms with E-state index in [0.717, 1.165) is 44.0 Å². The number of piperazine rings is 1. The second-order valence-electron chi connectivity index (χ2n) is 10.4. The maximum Gasteiger partial charge on any atom is 0.243 e. The smallest absolute Gasteiger partial charge is 0.243 e. The SMILES string of the molecule is CCc1ccc(N2CC(C(=O)Nc3cc(S(=O)(=O)N4CCOCC4)ccc3N3CCN(C)CC3)CC2=O)cc1. The molecule has 1 atom stereocenters. The average molecular weight is 556 g/mol. The maximum absolute atomic E-state index is 13.5. The third-order valence-corrected chi connectivity index (χ3v) is 9.72. The zero-order valence-corrected chi connectivity index (χ0v) is 23.5. The molecule has 0 radical (unpaired) electrons. The van der Waals surface area contributed by atoms with Gasteiger partial charge in [-0.3, -0.25) is 9.59 Å². The fraction of sp³-hybridized carbons (Fsp3) is 0.500. The van der Waals surface area contributed by atoms with E-state index >= 15 is 0 Å². The molecule has 2 aromatic rings. The van der Waals surface area contributed by atoms with Crippen molar-refractivity contribution in [2.45, 2.75) is 24.7 Å². The Kier molecular flexibility index (Phi) is 8.22. The largest absolute Gasteiger partial charge is 0.379 e. The molecule has 2 amide bonds. The monoisotopic (exact) mass is 555 g/mol. The molecule has 1 unspecified atom stereocenters. The highest BCUT2D eigenvalue weighted by Gasteiger charge is 2.36. The van der Waals surface area contributed by atoms with E-state index in [1.54, 1.807) is 23.1 Å². The van der Waals surface area contributed by atoms with Crippen LogP contribution in [0.4, 0.5) is 17.1 Å². The van der Waals surface area contributed by atoms with E-state index in [9.17, 15) is 18.0 Å². The Balaban J connectivity index is 1.39. The number of benzene rings is 2. The van der Waals surface area contributed by atoms with Crippen LogP contribution in [0.2, 0.25) is 0 Å². The lowest BCUT2D eigenvalue weighted by Gasteiger charge is -2.35. The van der Waals surface area contributed by atoms with Gasteiger partial charge in [0.25, 0.3) is 0 Å². The average Bonchev–Trinajstić information content (AvgIpc) is 3.35. The van der Waals surface area contributed by atoms with Gasteiger partial charge in [-0.15, -0.1) is 0 Å². The van der Waals surface area contributed by atoms with E-state index in [1.807, 2.05) is 24.3 Å². The second-order valence-corrected chi connectivity index (χ2v) is 12.3. The first-order chi connectivity index (χ1) is 18.8. The standard InChI is InChI=1S/C28H37N5O5S/c1-3-21-4-6-23(7-5-21)33-20-22(18-27(33)34)28(35)29-25-19-24(39(36,37)32-14-16-38-17-15-32)8-9-26(25)31-12-10-30(2)11-13-31/h4-9,19,22H,3,10-18,20H2,1-2H3,(H,29,35). The summed E-state index contributed by atoms with van der Waals surface area (Å²) in [6, 6.07) is 12.8. The van der Waals surface area contributed by atoms with Crippen molar-refractivity contribution < 1.29 is 22.7 Å². The molecule has 3 aliphatic rings. The first-order valence-corrected chi connectivity index (χ1v) is 15.1. The van der Waals surface area contributed by atoms with Crippen molar-refractivity contribution in [2.75, 3.05) is 81.2 Å². The topological polar surface area (TPSA) is 102 Å². The summed E-state index contributed by atoms with van der Waals surface area (Å²) in [6.07, 6.45) is 1.02. The summed E-state index contributed by atoms with van der Waals surface area (Å²) >= 11 is 0. The number of amides is 2. The molecule has 1 N–H and O–H groups in total. The van der Waals surface area contributed by atoms with Crippen LogP contribution in [0.25, 0.3) is 0 Å². The molecule has 3 saturated heterocycles. The van der Waals surface area contributed by atoms with Crippen molar-refractivity contribution in [3.05, 3.63) is 48.0 Å². The Hall–Kier alpha value is -2.99. The number of carbonyl (C=O) groups excluding carboxylic acids is 2. The first kappa shape index (κ1) is 27.6. The molecule has 0 aromatic heterocycles. The Labute approximate surface area is 230 Å². The molecular weight excluding hydrogens is 518 g/mol. The molecule has 0 aliphatic carbocycles. The number of likely N-dealkylation sites (N-methyl/N-ethyl adjacent to an activating group) is 1. The maximum atomic E-state index is 13.5. The number of nitrogens with one attached hydrogen (secondary N) is 1. The van der Waals surface area contributed by atoms with Gasteiger partial charge in [-0.1, -0.05) is 19.1 Å². The zero-order valence-electron chi connectivity index (χ0n) is 22.6. The molecule has 210 valence electrons. The van der Waals surface area contributed by atoms with Gasteiger partial charge in [-0.05, 0) is 49.4 Å². The third-order valence-electron chi connectivity index (χ3n) is 7.83. The highest BCUT2D eigenvalue weighted by atomic mass is 32.2. The predicted molar refractivity (Wildman–Crippen MR) is 151 cm³/mol. The molecule has 39 heavy (non-hydrogen) atoms. The predicted octanol–water partition coefficient (Wildman–Crippen LogP) is 2.01. The number of nitrogens with zero attached hydrogens (tertiary/aromatic N) is 4. The van der Waals surface area contributed by atoms with E-state index in [4.69, 9.17) is 4.74 Å². The van der Waals surface area contributed by atoms with Crippen LogP contribution in [-0.4, -0.2) is 95.5 Å². The Morgan fingerprint density at radius 1 is 1.00 bits per heavy atom. The van der Waals surface area contributed by atoms with Crippen LogP contribution in [-0.2, 0) is 30.8 Å². The van der Waals surface area contributed by atoms with Crippen LogP contribution in [0.5, 0.6) is 0 Å². The quantitative estimate of drug-likeness (QED) is 0.558. The Morgan fingerprint density at radius 3 is 2.36 bits per heavy atom. The number of hydrogen-bond acceptors (Lipinski definition) is 7. The normalized spacial score (nSPS) is 21.4. The molecule has 5 rings (SSSR count). The Morgan fingerprint density at radius 2 is 1.69 bits per heavy atom. The minimum absolute atomic E-state index is 0.0951. The summed E-state index contributed by atoms with van der Waals surface area (Å²) in [7, 11) is -1.68. The van der Waals surface area contributed by atoms with Crippen molar-refractivity contribution >= 4 is 38.9 Å². The number of hydrogen-bond donors (Lipinski definition) is 1. The van der Waals surface area contributed by atoms with Crippen LogP contribution in [0.15, 0.2) is 47.4 Å². The molecular formula is C28H37N5O5S. The number of anilines is 3. The molecule has 3 aliphatic heterocycles. The second kappa shape index (κ2) is 11.6. The lowest BCUT2D eigenvalue weighted by molar-refractivity contribution is -0.122. The van der Waals surface area contributed by atoms with Crippen molar-refractivity contribution in [3.63, 3.8) is 0 Å². The molecule has 0 bridgehead atoms. The fourth-order valence-electron chi connectivity index (χ4n) is 5.31. The number of aryl methyl sites for hydroxylation is 1. The van der Waals surface area contributed by atoms with Crippen LogP contribution in [0.1, 0.15) is 18.9 Å². The van der Waals surface area contributed by atoms with Gasteiger partial charge in [0.2, 0.25) is 21.8 Å². The minimum Gasteiger partial charge on any atom is -0.379 e. The third kappa shape index (κ3) is 5.96. The molecule has 10 nitrogen and oxygen atoms in total. The zero-order chi connectivity index (χ0) is 27.6. The fourth-order valence-corrected chi connectivity index (χ4v) is 6.75. The molecule has 3 fully saturated rings. The molecule has 0 spiro atoms. The highest BCUT2D eigenvalue weighted by molar-refractivity contribution is 7.89. The molecule has 2 aromatic carbocycles. The lowest BCUT2D eigenvalue weighted by atomic mass is 10.1. The van der Waals surface area contributed by atoms with Gasteiger partial charge in [0.05, 0.1) is 35.4 Å². The van der Waals surface area contributed by atoms with Gasteiger partial charge in [0.15, 0.2) is 0 Å². The summed E-state index contributed by atoms with van der Waals surface area (Å²) in [4.78, 5) is 32.5. The van der Waals surface area contributed by atoms with Crippen LogP contribution in [0.3, 0.4) is 0 Å². The van der Waals surface area contributed by atoms with Crippen molar-refractivity contribution in [1.82, 2.24) is 9.21 Å². The summed E-state index contributed by atoms with van der Waals surface area (Å²) < 4.78 is 33.5. The Bertz CT molecular complexity index is 1300. The van der Waals surface area contributed by atoms with E-state index in [2.05, 4.69) is 29.1 Å². The number of morpholine rings is 1. The van der Waals surface area contributed by atoms with Gasteiger partial charge in [0.1, 0.15) is 0 Å². The van der Waals surface area contributed by atoms with Crippen LogP contribution >= 0.6 is 0 Å². The first-order valence-electron chi connectivity index (χ1n) is 13.6. The molecule has 3 heterocycles. The van der Waals surface area contributed by atoms with Gasteiger partial charge in [-0.2, -0.15) is 4.31 Å². The number of rotatable bonds is 7. The number of carbonyl (C=O) groups is 2. The van der Waals surface area contributed by atoms with E-state index in [-0.39, 0.29) is 29.7 Å². The van der Waals surface area contributed by atoms with Crippen LogP contribution in [0, 0.1) is 5.92 Å². The van der Waals surface area contributed by atoms with Crippen LogP contribution < -0.4 is 15.1 Å². The minimum atomic E-state index is -3.74. The van der Waals surface area contributed by atoms with E-state index in [0.29, 0.717) is 32.0 Å². The number of sulfonamides is 1. The van der Waals surface area contributed by atoms with Gasteiger partial charge in [-0.25, -0.2) is 8.42 Å². The van der Waals surface area contributed by atoms with Gasteiger partial charge >= 0.3 is 0 Å². The van der Waals surface area contributed by atoms with E-state index < -0.39 is 15.9 Å². The van der Waals surface area contributed by atoms with Crippen molar-refractivity contribution in [1.29, 1.82) is 0 Å². The molecule has 0 saturated carbocycles. The van der Waals surface area contributed by atoms with Crippen molar-refractivity contribution in [3.8, 4) is 0 Å². The number of ether oxygens (including phenoxy) is 1. The van der Waals surface area contributed by atoms with E-state index in [1.165, 1.54) is 9.87 Å². The molecule has 11 heteroatoms.